The molecule has 2 N–H and O–H groups in total. The number of rotatable bonds is 6. The van der Waals surface area contributed by atoms with Gasteiger partial charge in [-0.15, -0.1) is 0 Å². The number of nitrogens with two attached hydrogens (primary N) is 1. The van der Waals surface area contributed by atoms with Crippen molar-refractivity contribution in [3.05, 3.63) is 71.5 Å². The molecule has 132 valence electrons. The first kappa shape index (κ1) is 17.6. The van der Waals surface area contributed by atoms with Crippen LogP contribution in [0.25, 0.3) is 0 Å². The van der Waals surface area contributed by atoms with Crippen LogP contribution < -0.4 is 5.73 Å². The molecular weight excluding hydrogens is 317 g/mol. The molecule has 0 aromatic heterocycles. The minimum Gasteiger partial charge on any atom is -0.368 e. The van der Waals surface area contributed by atoms with Gasteiger partial charge in [0.1, 0.15) is 11.9 Å². The predicted octanol–water partition coefficient (Wildman–Crippen LogP) is 2.21. The molecule has 1 aliphatic rings. The molecule has 0 radical (unpaired) electrons. The van der Waals surface area contributed by atoms with Gasteiger partial charge in [-0.3, -0.25) is 9.69 Å². The van der Waals surface area contributed by atoms with Gasteiger partial charge in [0.15, 0.2) is 0 Å². The smallest absolute Gasteiger partial charge is 0.239 e. The summed E-state index contributed by atoms with van der Waals surface area (Å²) in [5.41, 5.74) is 7.71. The summed E-state index contributed by atoms with van der Waals surface area (Å²) in [5.74, 6) is -0.693. The summed E-state index contributed by atoms with van der Waals surface area (Å²) < 4.78 is 13.1. The lowest BCUT2D eigenvalue weighted by molar-refractivity contribution is -0.124. The highest BCUT2D eigenvalue weighted by Crippen LogP contribution is 2.22. The van der Waals surface area contributed by atoms with Gasteiger partial charge in [-0.05, 0) is 29.7 Å². The molecule has 1 atom stereocenters. The van der Waals surface area contributed by atoms with Crippen molar-refractivity contribution in [1.29, 1.82) is 0 Å². The quantitative estimate of drug-likeness (QED) is 0.876. The molecule has 0 unspecified atom stereocenters. The molecule has 0 saturated carbocycles. The molecule has 25 heavy (non-hydrogen) atoms. The Morgan fingerprint density at radius 3 is 2.24 bits per heavy atom. The van der Waals surface area contributed by atoms with Crippen LogP contribution in [-0.4, -0.2) is 48.4 Å². The van der Waals surface area contributed by atoms with E-state index in [1.807, 2.05) is 6.07 Å². The first-order valence-corrected chi connectivity index (χ1v) is 8.68. The standard InChI is InChI=1S/C20H24FN3O/c21-18-8-6-17(7-9-18)19(20(22)25)24-14-12-23(13-15-24)11-10-16-4-2-1-3-5-16/h1-9,19H,10-15H2,(H2,22,25)/t19-/m0/s1. The van der Waals surface area contributed by atoms with E-state index in [4.69, 9.17) is 5.73 Å². The molecule has 4 nitrogen and oxygen atoms in total. The predicted molar refractivity (Wildman–Crippen MR) is 96.5 cm³/mol. The lowest BCUT2D eigenvalue weighted by atomic mass is 10.0. The van der Waals surface area contributed by atoms with E-state index < -0.39 is 6.04 Å². The lowest BCUT2D eigenvalue weighted by Crippen LogP contribution is -2.50. The largest absolute Gasteiger partial charge is 0.368 e. The zero-order valence-corrected chi connectivity index (χ0v) is 14.3. The van der Waals surface area contributed by atoms with Gasteiger partial charge in [-0.2, -0.15) is 0 Å². The van der Waals surface area contributed by atoms with E-state index in [2.05, 4.69) is 34.1 Å². The molecule has 2 aromatic rings. The van der Waals surface area contributed by atoms with Gasteiger partial charge in [0.2, 0.25) is 5.91 Å². The van der Waals surface area contributed by atoms with Crippen LogP contribution in [0.4, 0.5) is 4.39 Å². The highest BCUT2D eigenvalue weighted by molar-refractivity contribution is 5.81. The molecule has 0 spiro atoms. The Kier molecular flexibility index (Phi) is 5.79. The summed E-state index contributed by atoms with van der Waals surface area (Å²) in [7, 11) is 0. The molecule has 3 rings (SSSR count). The van der Waals surface area contributed by atoms with Gasteiger partial charge in [-0.1, -0.05) is 42.5 Å². The second-order valence-electron chi connectivity index (χ2n) is 6.47. The second-order valence-corrected chi connectivity index (χ2v) is 6.47. The molecular formula is C20H24FN3O. The maximum Gasteiger partial charge on any atom is 0.239 e. The van der Waals surface area contributed by atoms with E-state index in [0.717, 1.165) is 44.7 Å². The van der Waals surface area contributed by atoms with Crippen LogP contribution in [0.3, 0.4) is 0 Å². The first-order chi connectivity index (χ1) is 12.1. The Morgan fingerprint density at radius 1 is 1.00 bits per heavy atom. The number of halogens is 1. The van der Waals surface area contributed by atoms with Gasteiger partial charge >= 0.3 is 0 Å². The first-order valence-electron chi connectivity index (χ1n) is 8.68. The Hall–Kier alpha value is -2.24. The third kappa shape index (κ3) is 4.65. The monoisotopic (exact) mass is 341 g/mol. The van der Waals surface area contributed by atoms with Crippen molar-refractivity contribution >= 4 is 5.91 Å². The van der Waals surface area contributed by atoms with E-state index >= 15 is 0 Å². The number of primary amides is 1. The minimum atomic E-state index is -0.489. The van der Waals surface area contributed by atoms with Crippen molar-refractivity contribution in [3.63, 3.8) is 0 Å². The fraction of sp³-hybridized carbons (Fsp3) is 0.350. The number of benzene rings is 2. The lowest BCUT2D eigenvalue weighted by Gasteiger charge is -2.38. The van der Waals surface area contributed by atoms with E-state index in [1.165, 1.54) is 17.7 Å². The Labute approximate surface area is 148 Å². The number of carbonyl (C=O) groups is 1. The van der Waals surface area contributed by atoms with Crippen LogP contribution in [-0.2, 0) is 11.2 Å². The van der Waals surface area contributed by atoms with Crippen LogP contribution in [0.5, 0.6) is 0 Å². The topological polar surface area (TPSA) is 49.6 Å². The summed E-state index contributed by atoms with van der Waals surface area (Å²) >= 11 is 0. The zero-order chi connectivity index (χ0) is 17.6. The van der Waals surface area contributed by atoms with E-state index in [0.29, 0.717) is 0 Å². The van der Waals surface area contributed by atoms with Crippen LogP contribution >= 0.6 is 0 Å². The number of nitrogens with zero attached hydrogens (tertiary/aromatic N) is 2. The summed E-state index contributed by atoms with van der Waals surface area (Å²) in [6.45, 7) is 4.37. The van der Waals surface area contributed by atoms with Crippen molar-refractivity contribution in [3.8, 4) is 0 Å². The molecule has 2 aromatic carbocycles. The van der Waals surface area contributed by atoms with Crippen molar-refractivity contribution in [2.45, 2.75) is 12.5 Å². The SMILES string of the molecule is NC(=O)[C@H](c1ccc(F)cc1)N1CCN(CCc2ccccc2)CC1. The molecule has 1 heterocycles. The highest BCUT2D eigenvalue weighted by atomic mass is 19.1. The van der Waals surface area contributed by atoms with Gasteiger partial charge in [0.25, 0.3) is 0 Å². The van der Waals surface area contributed by atoms with Crippen molar-refractivity contribution < 1.29 is 9.18 Å². The molecule has 1 saturated heterocycles. The van der Waals surface area contributed by atoms with Crippen molar-refractivity contribution in [2.24, 2.45) is 5.73 Å². The van der Waals surface area contributed by atoms with Crippen LogP contribution in [0, 0.1) is 5.82 Å². The summed E-state index contributed by atoms with van der Waals surface area (Å²) in [4.78, 5) is 16.5. The van der Waals surface area contributed by atoms with E-state index in [1.54, 1.807) is 12.1 Å². The molecule has 1 aliphatic heterocycles. The Morgan fingerprint density at radius 2 is 1.64 bits per heavy atom. The van der Waals surface area contributed by atoms with Crippen molar-refractivity contribution in [1.82, 2.24) is 9.80 Å². The zero-order valence-electron chi connectivity index (χ0n) is 14.3. The molecule has 0 aliphatic carbocycles. The number of hydrogen-bond acceptors (Lipinski definition) is 3. The van der Waals surface area contributed by atoms with Crippen LogP contribution in [0.15, 0.2) is 54.6 Å². The molecule has 1 fully saturated rings. The molecule has 0 bridgehead atoms. The molecule has 1 amide bonds. The van der Waals surface area contributed by atoms with Crippen LogP contribution in [0.2, 0.25) is 0 Å². The van der Waals surface area contributed by atoms with Gasteiger partial charge < -0.3 is 10.6 Å². The van der Waals surface area contributed by atoms with Gasteiger partial charge in [0, 0.05) is 32.7 Å². The third-order valence-electron chi connectivity index (χ3n) is 4.79. The minimum absolute atomic E-state index is 0.308. The van der Waals surface area contributed by atoms with E-state index in [-0.39, 0.29) is 11.7 Å². The number of piperazine rings is 1. The Balaban J connectivity index is 1.56. The van der Waals surface area contributed by atoms with Crippen LogP contribution in [0.1, 0.15) is 17.2 Å². The fourth-order valence-corrected chi connectivity index (χ4v) is 3.38. The third-order valence-corrected chi connectivity index (χ3v) is 4.79. The second kappa shape index (κ2) is 8.23. The average molecular weight is 341 g/mol. The maximum absolute atomic E-state index is 13.1. The number of amides is 1. The average Bonchev–Trinajstić information content (AvgIpc) is 2.63. The molecule has 5 heteroatoms. The highest BCUT2D eigenvalue weighted by Gasteiger charge is 2.28. The summed E-state index contributed by atoms with van der Waals surface area (Å²) in [6.07, 6.45) is 1.03. The van der Waals surface area contributed by atoms with Crippen molar-refractivity contribution in [2.75, 3.05) is 32.7 Å². The van der Waals surface area contributed by atoms with E-state index in [9.17, 15) is 9.18 Å². The Bertz CT molecular complexity index is 682. The summed E-state index contributed by atoms with van der Waals surface area (Å²) in [6, 6.07) is 16.0. The number of hydrogen-bond donors (Lipinski definition) is 1. The number of carbonyl (C=O) groups excluding carboxylic acids is 1. The van der Waals surface area contributed by atoms with Gasteiger partial charge in [0.05, 0.1) is 0 Å². The normalized spacial score (nSPS) is 17.3. The fourth-order valence-electron chi connectivity index (χ4n) is 3.38. The summed E-state index contributed by atoms with van der Waals surface area (Å²) in [5, 5.41) is 0. The van der Waals surface area contributed by atoms with Gasteiger partial charge in [-0.25, -0.2) is 4.39 Å². The maximum atomic E-state index is 13.1.